The van der Waals surface area contributed by atoms with Crippen LogP contribution in [0.3, 0.4) is 0 Å². The predicted molar refractivity (Wildman–Crippen MR) is 80.9 cm³/mol. The molecule has 1 aliphatic carbocycles. The molecule has 2 aliphatic rings. The summed E-state index contributed by atoms with van der Waals surface area (Å²) in [4.78, 5) is 0. The Morgan fingerprint density at radius 3 is 2.65 bits per heavy atom. The van der Waals surface area contributed by atoms with Gasteiger partial charge in [0.25, 0.3) is 0 Å². The number of rotatable bonds is 3. The van der Waals surface area contributed by atoms with E-state index in [2.05, 4.69) is 19.1 Å². The van der Waals surface area contributed by atoms with Crippen molar-refractivity contribution in [2.24, 2.45) is 17.8 Å². The molecule has 2 atom stereocenters. The molecule has 1 aliphatic heterocycles. The largest absolute Gasteiger partial charge is 0.493 e. The molecule has 0 spiro atoms. The maximum absolute atomic E-state index is 10.7. The number of ether oxygens (including phenoxy) is 1. The van der Waals surface area contributed by atoms with E-state index in [9.17, 15) is 5.11 Å². The van der Waals surface area contributed by atoms with Crippen molar-refractivity contribution in [2.45, 2.75) is 51.6 Å². The van der Waals surface area contributed by atoms with E-state index in [1.54, 1.807) is 0 Å². The number of fused-ring (bicyclic) bond motifs is 1. The van der Waals surface area contributed by atoms with Crippen molar-refractivity contribution in [2.75, 3.05) is 6.61 Å². The Bertz CT molecular complexity index is 435. The molecule has 1 aromatic carbocycles. The molecule has 2 nitrogen and oxygen atoms in total. The molecule has 2 heteroatoms. The van der Waals surface area contributed by atoms with Crippen LogP contribution in [0.5, 0.6) is 5.75 Å². The van der Waals surface area contributed by atoms with Crippen LogP contribution >= 0.6 is 0 Å². The highest BCUT2D eigenvalue weighted by atomic mass is 16.5. The van der Waals surface area contributed by atoms with Crippen molar-refractivity contribution in [1.82, 2.24) is 0 Å². The lowest BCUT2D eigenvalue weighted by atomic mass is 9.74. The third-order valence-electron chi connectivity index (χ3n) is 5.34. The highest BCUT2D eigenvalue weighted by Crippen LogP contribution is 2.37. The zero-order valence-electron chi connectivity index (χ0n) is 12.4. The minimum atomic E-state index is -0.193. The van der Waals surface area contributed by atoms with Crippen LogP contribution in [-0.2, 0) is 6.42 Å². The second-order valence-electron chi connectivity index (χ2n) is 6.56. The van der Waals surface area contributed by atoms with Gasteiger partial charge in [0.2, 0.25) is 0 Å². The normalized spacial score (nSPS) is 31.2. The third kappa shape index (κ3) is 2.85. The minimum Gasteiger partial charge on any atom is -0.493 e. The van der Waals surface area contributed by atoms with Crippen molar-refractivity contribution in [1.29, 1.82) is 0 Å². The number of hydrogen-bond donors (Lipinski definition) is 1. The fourth-order valence-electron chi connectivity index (χ4n) is 3.89. The van der Waals surface area contributed by atoms with E-state index < -0.39 is 0 Å². The van der Waals surface area contributed by atoms with Crippen molar-refractivity contribution in [3.8, 4) is 5.75 Å². The zero-order chi connectivity index (χ0) is 13.9. The standard InChI is InChI=1S/C18H26O2/c1-2-13-7-9-14(10-8-13)18(19)16-11-15-5-3-4-6-17(15)20-12-16/h3-6,13-14,16,18-19H,2,7-12H2,1H3. The number of hydrogen-bond acceptors (Lipinski definition) is 2. The summed E-state index contributed by atoms with van der Waals surface area (Å²) in [6, 6.07) is 8.23. The van der Waals surface area contributed by atoms with E-state index in [0.717, 1.165) is 18.1 Å². The fraction of sp³-hybridized carbons (Fsp3) is 0.667. The van der Waals surface area contributed by atoms with Crippen molar-refractivity contribution < 1.29 is 9.84 Å². The van der Waals surface area contributed by atoms with Crippen LogP contribution in [0.25, 0.3) is 0 Å². The molecule has 0 radical (unpaired) electrons. The van der Waals surface area contributed by atoms with Crippen LogP contribution in [0.15, 0.2) is 24.3 Å². The van der Waals surface area contributed by atoms with Gasteiger partial charge in [0.1, 0.15) is 5.75 Å². The zero-order valence-corrected chi connectivity index (χ0v) is 12.4. The summed E-state index contributed by atoms with van der Waals surface area (Å²) in [6.07, 6.45) is 7.04. The van der Waals surface area contributed by atoms with E-state index in [0.29, 0.717) is 12.5 Å². The molecule has 1 heterocycles. The van der Waals surface area contributed by atoms with Crippen molar-refractivity contribution in [3.63, 3.8) is 0 Å². The third-order valence-corrected chi connectivity index (χ3v) is 5.34. The monoisotopic (exact) mass is 274 g/mol. The smallest absolute Gasteiger partial charge is 0.122 e. The molecule has 0 aromatic heterocycles. The van der Waals surface area contributed by atoms with Crippen LogP contribution in [0, 0.1) is 17.8 Å². The summed E-state index contributed by atoms with van der Waals surface area (Å²) in [6.45, 7) is 2.96. The van der Waals surface area contributed by atoms with Gasteiger partial charge in [0.15, 0.2) is 0 Å². The van der Waals surface area contributed by atoms with Crippen LogP contribution in [0.2, 0.25) is 0 Å². The maximum Gasteiger partial charge on any atom is 0.122 e. The number of aliphatic hydroxyl groups excluding tert-OH is 1. The SMILES string of the molecule is CCC1CCC(C(O)C2COc3ccccc3C2)CC1. The molecule has 3 rings (SSSR count). The van der Waals surface area contributed by atoms with E-state index in [1.807, 2.05) is 12.1 Å². The Hall–Kier alpha value is -1.02. The van der Waals surface area contributed by atoms with Gasteiger partial charge in [-0.25, -0.2) is 0 Å². The first kappa shape index (κ1) is 13.9. The summed E-state index contributed by atoms with van der Waals surface area (Å²) >= 11 is 0. The van der Waals surface area contributed by atoms with Gasteiger partial charge in [0, 0.05) is 5.92 Å². The van der Waals surface area contributed by atoms with Gasteiger partial charge in [-0.05, 0) is 42.7 Å². The summed E-state index contributed by atoms with van der Waals surface area (Å²) < 4.78 is 5.83. The number of aliphatic hydroxyl groups is 1. The van der Waals surface area contributed by atoms with Crippen LogP contribution < -0.4 is 4.74 Å². The Labute approximate surface area is 122 Å². The van der Waals surface area contributed by atoms with Crippen LogP contribution in [0.1, 0.15) is 44.6 Å². The van der Waals surface area contributed by atoms with Gasteiger partial charge >= 0.3 is 0 Å². The quantitative estimate of drug-likeness (QED) is 0.908. The molecule has 0 amide bonds. The van der Waals surface area contributed by atoms with Gasteiger partial charge in [-0.15, -0.1) is 0 Å². The van der Waals surface area contributed by atoms with E-state index in [-0.39, 0.29) is 12.0 Å². The number of benzene rings is 1. The summed E-state index contributed by atoms with van der Waals surface area (Å²) in [7, 11) is 0. The average molecular weight is 274 g/mol. The van der Waals surface area contributed by atoms with E-state index in [4.69, 9.17) is 4.74 Å². The number of para-hydroxylation sites is 1. The second-order valence-corrected chi connectivity index (χ2v) is 6.56. The predicted octanol–water partition coefficient (Wildman–Crippen LogP) is 3.82. The lowest BCUT2D eigenvalue weighted by Gasteiger charge is -2.36. The highest BCUT2D eigenvalue weighted by molar-refractivity contribution is 5.35. The summed E-state index contributed by atoms with van der Waals surface area (Å²) in [5.41, 5.74) is 1.25. The maximum atomic E-state index is 10.7. The average Bonchev–Trinajstić information content (AvgIpc) is 2.54. The van der Waals surface area contributed by atoms with E-state index >= 15 is 0 Å². The lowest BCUT2D eigenvalue weighted by molar-refractivity contribution is 0.00238. The molecule has 1 N–H and O–H groups in total. The molecule has 0 saturated heterocycles. The molecule has 1 fully saturated rings. The molecule has 1 aromatic rings. The van der Waals surface area contributed by atoms with Gasteiger partial charge in [-0.1, -0.05) is 44.4 Å². The second kappa shape index (κ2) is 6.17. The Morgan fingerprint density at radius 1 is 1.15 bits per heavy atom. The molecule has 20 heavy (non-hydrogen) atoms. The van der Waals surface area contributed by atoms with E-state index in [1.165, 1.54) is 37.7 Å². The van der Waals surface area contributed by atoms with Gasteiger partial charge in [-0.2, -0.15) is 0 Å². The summed E-state index contributed by atoms with van der Waals surface area (Å²) in [5.74, 6) is 2.65. The molecule has 110 valence electrons. The Balaban J connectivity index is 1.60. The van der Waals surface area contributed by atoms with Crippen LogP contribution in [-0.4, -0.2) is 17.8 Å². The molecular weight excluding hydrogens is 248 g/mol. The Kier molecular flexibility index (Phi) is 4.30. The van der Waals surface area contributed by atoms with Crippen molar-refractivity contribution in [3.05, 3.63) is 29.8 Å². The minimum absolute atomic E-state index is 0.193. The first-order chi connectivity index (χ1) is 9.78. The molecule has 1 saturated carbocycles. The molecule has 2 unspecified atom stereocenters. The highest BCUT2D eigenvalue weighted by Gasteiger charge is 2.33. The first-order valence-corrected chi connectivity index (χ1v) is 8.16. The van der Waals surface area contributed by atoms with Gasteiger partial charge in [-0.3, -0.25) is 0 Å². The fourth-order valence-corrected chi connectivity index (χ4v) is 3.89. The van der Waals surface area contributed by atoms with Gasteiger partial charge in [0.05, 0.1) is 12.7 Å². The lowest BCUT2D eigenvalue weighted by Crippen LogP contribution is -2.38. The topological polar surface area (TPSA) is 29.5 Å². The van der Waals surface area contributed by atoms with Crippen LogP contribution in [0.4, 0.5) is 0 Å². The molecular formula is C18H26O2. The Morgan fingerprint density at radius 2 is 1.90 bits per heavy atom. The van der Waals surface area contributed by atoms with Crippen molar-refractivity contribution >= 4 is 0 Å². The molecule has 0 bridgehead atoms. The first-order valence-electron chi connectivity index (χ1n) is 8.16. The summed E-state index contributed by atoms with van der Waals surface area (Å²) in [5, 5.41) is 10.7. The van der Waals surface area contributed by atoms with Gasteiger partial charge < -0.3 is 9.84 Å².